The van der Waals surface area contributed by atoms with E-state index in [0.29, 0.717) is 38.1 Å². The molecular formula is C19H19F3N2O4. The summed E-state index contributed by atoms with van der Waals surface area (Å²) in [5.74, 6) is -0.743. The van der Waals surface area contributed by atoms with Gasteiger partial charge in [-0.2, -0.15) is 13.2 Å². The molecule has 1 aliphatic heterocycles. The molecule has 1 saturated heterocycles. The summed E-state index contributed by atoms with van der Waals surface area (Å²) in [5.41, 5.74) is -0.360. The first-order valence-electron chi connectivity index (χ1n) is 8.88. The van der Waals surface area contributed by atoms with E-state index in [1.807, 2.05) is 0 Å². The van der Waals surface area contributed by atoms with Crippen LogP contribution < -0.4 is 0 Å². The third kappa shape index (κ3) is 4.35. The summed E-state index contributed by atoms with van der Waals surface area (Å²) >= 11 is 0. The normalized spacial score (nSPS) is 15.5. The molecule has 0 spiro atoms. The van der Waals surface area contributed by atoms with Gasteiger partial charge in [0.2, 0.25) is 5.89 Å². The van der Waals surface area contributed by atoms with Gasteiger partial charge in [-0.05, 0) is 44.0 Å². The molecule has 6 nitrogen and oxygen atoms in total. The highest BCUT2D eigenvalue weighted by Gasteiger charge is 2.31. The summed E-state index contributed by atoms with van der Waals surface area (Å²) in [5, 5.41) is 0. The predicted molar refractivity (Wildman–Crippen MR) is 92.2 cm³/mol. The Morgan fingerprint density at radius 3 is 2.43 bits per heavy atom. The highest BCUT2D eigenvalue weighted by atomic mass is 19.4. The van der Waals surface area contributed by atoms with Crippen molar-refractivity contribution >= 4 is 11.9 Å². The quantitative estimate of drug-likeness (QED) is 0.736. The third-order valence-corrected chi connectivity index (χ3v) is 4.58. The summed E-state index contributed by atoms with van der Waals surface area (Å²) in [6.07, 6.45) is -2.22. The van der Waals surface area contributed by atoms with Crippen molar-refractivity contribution in [2.45, 2.75) is 25.9 Å². The SMILES string of the molecule is CCOC(=O)C1CCN(C(=O)c2coc(-c3ccc(C(F)(F)F)cc3)n2)CC1. The minimum Gasteiger partial charge on any atom is -0.466 e. The zero-order valence-electron chi connectivity index (χ0n) is 15.2. The van der Waals surface area contributed by atoms with Gasteiger partial charge in [0.25, 0.3) is 5.91 Å². The van der Waals surface area contributed by atoms with Gasteiger partial charge in [0.05, 0.1) is 18.1 Å². The number of hydrogen-bond donors (Lipinski definition) is 0. The fourth-order valence-electron chi connectivity index (χ4n) is 3.05. The van der Waals surface area contributed by atoms with E-state index in [1.54, 1.807) is 11.8 Å². The van der Waals surface area contributed by atoms with E-state index >= 15 is 0 Å². The number of benzene rings is 1. The molecule has 1 aromatic carbocycles. The number of piperidine rings is 1. The molecule has 0 saturated carbocycles. The maximum atomic E-state index is 12.6. The van der Waals surface area contributed by atoms with E-state index < -0.39 is 11.7 Å². The number of oxazole rings is 1. The van der Waals surface area contributed by atoms with Crippen LogP contribution in [0.4, 0.5) is 13.2 Å². The predicted octanol–water partition coefficient (Wildman–Crippen LogP) is 3.78. The zero-order chi connectivity index (χ0) is 20.3. The first kappa shape index (κ1) is 19.9. The van der Waals surface area contributed by atoms with Gasteiger partial charge in [-0.25, -0.2) is 4.98 Å². The maximum Gasteiger partial charge on any atom is 0.416 e. The first-order chi connectivity index (χ1) is 13.3. The minimum atomic E-state index is -4.42. The van der Waals surface area contributed by atoms with Crippen molar-refractivity contribution in [1.82, 2.24) is 9.88 Å². The summed E-state index contributed by atoms with van der Waals surface area (Å²) < 4.78 is 48.2. The van der Waals surface area contributed by atoms with Gasteiger partial charge < -0.3 is 14.1 Å². The van der Waals surface area contributed by atoms with Crippen molar-refractivity contribution in [2.24, 2.45) is 5.92 Å². The largest absolute Gasteiger partial charge is 0.466 e. The zero-order valence-corrected chi connectivity index (χ0v) is 15.2. The van der Waals surface area contributed by atoms with Crippen LogP contribution in [0.2, 0.25) is 0 Å². The lowest BCUT2D eigenvalue weighted by atomic mass is 9.97. The van der Waals surface area contributed by atoms with E-state index in [1.165, 1.54) is 18.4 Å². The van der Waals surface area contributed by atoms with Crippen LogP contribution in [0.15, 0.2) is 34.9 Å². The number of alkyl halides is 3. The topological polar surface area (TPSA) is 72.6 Å². The number of rotatable bonds is 4. The molecule has 1 aromatic heterocycles. The molecule has 1 amide bonds. The second-order valence-electron chi connectivity index (χ2n) is 6.43. The van der Waals surface area contributed by atoms with Crippen molar-refractivity contribution in [1.29, 1.82) is 0 Å². The van der Waals surface area contributed by atoms with Gasteiger partial charge >= 0.3 is 12.1 Å². The molecule has 9 heteroatoms. The molecule has 150 valence electrons. The number of hydrogen-bond acceptors (Lipinski definition) is 5. The first-order valence-corrected chi connectivity index (χ1v) is 8.88. The Kier molecular flexibility index (Phi) is 5.71. The van der Waals surface area contributed by atoms with E-state index in [-0.39, 0.29) is 29.4 Å². The van der Waals surface area contributed by atoms with E-state index in [0.717, 1.165) is 12.1 Å². The second kappa shape index (κ2) is 8.04. The second-order valence-corrected chi connectivity index (χ2v) is 6.43. The Labute approximate surface area is 159 Å². The number of nitrogens with zero attached hydrogens (tertiary/aromatic N) is 2. The van der Waals surface area contributed by atoms with Crippen LogP contribution in [0.3, 0.4) is 0 Å². The number of ether oxygens (including phenoxy) is 1. The molecule has 0 radical (unpaired) electrons. The molecule has 0 N–H and O–H groups in total. The summed E-state index contributed by atoms with van der Waals surface area (Å²) in [6, 6.07) is 4.35. The molecule has 0 aliphatic carbocycles. The Balaban J connectivity index is 1.64. The number of esters is 1. The fraction of sp³-hybridized carbons (Fsp3) is 0.421. The minimum absolute atomic E-state index is 0.0680. The van der Waals surface area contributed by atoms with E-state index in [4.69, 9.17) is 9.15 Å². The molecular weight excluding hydrogens is 377 g/mol. The maximum absolute atomic E-state index is 12.6. The van der Waals surface area contributed by atoms with Crippen molar-refractivity contribution in [2.75, 3.05) is 19.7 Å². The van der Waals surface area contributed by atoms with Crippen molar-refractivity contribution in [3.8, 4) is 11.5 Å². The molecule has 28 heavy (non-hydrogen) atoms. The fourth-order valence-corrected chi connectivity index (χ4v) is 3.05. The van der Waals surface area contributed by atoms with E-state index in [2.05, 4.69) is 4.98 Å². The average Bonchev–Trinajstić information content (AvgIpc) is 3.17. The van der Waals surface area contributed by atoms with Gasteiger partial charge in [0.15, 0.2) is 5.69 Å². The third-order valence-electron chi connectivity index (χ3n) is 4.58. The number of amides is 1. The molecule has 1 aliphatic rings. The summed E-state index contributed by atoms with van der Waals surface area (Å²) in [6.45, 7) is 2.86. The molecule has 0 atom stereocenters. The lowest BCUT2D eigenvalue weighted by molar-refractivity contribution is -0.149. The Morgan fingerprint density at radius 1 is 1.21 bits per heavy atom. The molecule has 1 fully saturated rings. The molecule has 0 bridgehead atoms. The lowest BCUT2D eigenvalue weighted by Gasteiger charge is -2.30. The standard InChI is InChI=1S/C19H19F3N2O4/c1-2-27-18(26)13-7-9-24(10-8-13)17(25)15-11-28-16(23-15)12-3-5-14(6-4-12)19(20,21)22/h3-6,11,13H,2,7-10H2,1H3. The van der Waals surface area contributed by atoms with Crippen LogP contribution >= 0.6 is 0 Å². The van der Waals surface area contributed by atoms with Gasteiger partial charge in [-0.3, -0.25) is 9.59 Å². The number of carbonyl (C=O) groups excluding carboxylic acids is 2. The molecule has 2 aromatic rings. The number of aromatic nitrogens is 1. The highest BCUT2D eigenvalue weighted by molar-refractivity contribution is 5.92. The van der Waals surface area contributed by atoms with Crippen LogP contribution in [0.1, 0.15) is 35.8 Å². The van der Waals surface area contributed by atoms with Crippen LogP contribution in [0.5, 0.6) is 0 Å². The van der Waals surface area contributed by atoms with Gasteiger partial charge in [-0.15, -0.1) is 0 Å². The average molecular weight is 396 g/mol. The van der Waals surface area contributed by atoms with Gasteiger partial charge in [0, 0.05) is 18.7 Å². The van der Waals surface area contributed by atoms with Gasteiger partial charge in [-0.1, -0.05) is 0 Å². The van der Waals surface area contributed by atoms with Crippen LogP contribution in [0.25, 0.3) is 11.5 Å². The van der Waals surface area contributed by atoms with Crippen LogP contribution in [-0.2, 0) is 15.7 Å². The lowest BCUT2D eigenvalue weighted by Crippen LogP contribution is -2.40. The Hall–Kier alpha value is -2.84. The number of likely N-dealkylation sites (tertiary alicyclic amines) is 1. The summed E-state index contributed by atoms with van der Waals surface area (Å²) in [7, 11) is 0. The number of carbonyl (C=O) groups is 2. The monoisotopic (exact) mass is 396 g/mol. The van der Waals surface area contributed by atoms with Crippen LogP contribution in [0, 0.1) is 5.92 Å². The summed E-state index contributed by atoms with van der Waals surface area (Å²) in [4.78, 5) is 30.0. The van der Waals surface area contributed by atoms with Crippen molar-refractivity contribution < 1.29 is 31.9 Å². The van der Waals surface area contributed by atoms with Gasteiger partial charge in [0.1, 0.15) is 6.26 Å². The molecule has 2 heterocycles. The molecule has 0 unspecified atom stereocenters. The smallest absolute Gasteiger partial charge is 0.416 e. The number of halogens is 3. The van der Waals surface area contributed by atoms with Crippen LogP contribution in [-0.4, -0.2) is 41.5 Å². The molecule has 3 rings (SSSR count). The van der Waals surface area contributed by atoms with Crippen molar-refractivity contribution in [3.05, 3.63) is 41.8 Å². The highest BCUT2D eigenvalue weighted by Crippen LogP contribution is 2.31. The van der Waals surface area contributed by atoms with E-state index in [9.17, 15) is 22.8 Å². The van der Waals surface area contributed by atoms with Crippen molar-refractivity contribution in [3.63, 3.8) is 0 Å². The Morgan fingerprint density at radius 2 is 1.86 bits per heavy atom. The Bertz CT molecular complexity index is 838.